The second-order valence-electron chi connectivity index (χ2n) is 8.08. The second kappa shape index (κ2) is 8.64. The van der Waals surface area contributed by atoms with Gasteiger partial charge < -0.3 is 9.80 Å². The van der Waals surface area contributed by atoms with E-state index < -0.39 is 33.3 Å². The molecule has 1 amide bonds. The average molecular weight is 470 g/mol. The Balaban J connectivity index is 1.59. The first-order chi connectivity index (χ1) is 15.1. The van der Waals surface area contributed by atoms with Gasteiger partial charge >= 0.3 is 6.18 Å². The standard InChI is InChI=1S/C20H21F3N4O4S/c21-20(22,23)13-10-14-16(15(11-13)27(30)31)32-19(24-17(14)28)26-8-6-25(7-9-26)18(29)12-4-2-1-3-5-12/h10-12H,1-9H2. The molecule has 2 heterocycles. The van der Waals surface area contributed by atoms with Crippen molar-refractivity contribution in [3.63, 3.8) is 0 Å². The van der Waals surface area contributed by atoms with Gasteiger partial charge in [0.05, 0.1) is 15.9 Å². The van der Waals surface area contributed by atoms with Gasteiger partial charge in [0.1, 0.15) is 4.70 Å². The molecule has 2 aliphatic rings. The molecular formula is C20H21F3N4O4S. The van der Waals surface area contributed by atoms with Gasteiger partial charge in [-0.05, 0) is 18.9 Å². The number of nitrogens with zero attached hydrogens (tertiary/aromatic N) is 4. The predicted octanol–water partition coefficient (Wildman–Crippen LogP) is 3.81. The molecule has 4 rings (SSSR count). The molecule has 1 aromatic heterocycles. The Bertz CT molecular complexity index is 1110. The average Bonchev–Trinajstić information content (AvgIpc) is 2.78. The number of anilines is 1. The Morgan fingerprint density at radius 1 is 1.12 bits per heavy atom. The highest BCUT2D eigenvalue weighted by molar-refractivity contribution is 7.22. The van der Waals surface area contributed by atoms with Crippen LogP contribution in [-0.4, -0.2) is 46.9 Å². The summed E-state index contributed by atoms with van der Waals surface area (Å²) >= 11 is 0.822. The molecule has 1 saturated carbocycles. The Hall–Kier alpha value is -2.76. The largest absolute Gasteiger partial charge is 0.416 e. The monoisotopic (exact) mass is 470 g/mol. The lowest BCUT2D eigenvalue weighted by Gasteiger charge is -2.37. The van der Waals surface area contributed by atoms with E-state index in [0.717, 1.165) is 43.4 Å². The van der Waals surface area contributed by atoms with Crippen LogP contribution in [0.5, 0.6) is 0 Å². The van der Waals surface area contributed by atoms with E-state index in [9.17, 15) is 32.9 Å². The molecule has 32 heavy (non-hydrogen) atoms. The van der Waals surface area contributed by atoms with Crippen LogP contribution in [0.15, 0.2) is 16.9 Å². The first-order valence-electron chi connectivity index (χ1n) is 10.4. The van der Waals surface area contributed by atoms with Gasteiger partial charge in [-0.25, -0.2) is 0 Å². The maximum absolute atomic E-state index is 13.1. The van der Waals surface area contributed by atoms with Crippen molar-refractivity contribution < 1.29 is 22.9 Å². The molecule has 0 bridgehead atoms. The van der Waals surface area contributed by atoms with Gasteiger partial charge in [-0.2, -0.15) is 18.2 Å². The van der Waals surface area contributed by atoms with E-state index in [0.29, 0.717) is 38.3 Å². The normalized spacial score (nSPS) is 18.2. The fraction of sp³-hybridized carbons (Fsp3) is 0.550. The minimum Gasteiger partial charge on any atom is -0.344 e. The fourth-order valence-corrected chi connectivity index (χ4v) is 5.42. The number of aromatic nitrogens is 1. The maximum Gasteiger partial charge on any atom is 0.416 e. The number of non-ortho nitro benzene ring substituents is 1. The van der Waals surface area contributed by atoms with Crippen molar-refractivity contribution in [1.82, 2.24) is 9.88 Å². The maximum atomic E-state index is 13.1. The smallest absolute Gasteiger partial charge is 0.344 e. The molecule has 1 aliphatic heterocycles. The summed E-state index contributed by atoms with van der Waals surface area (Å²) in [5.41, 5.74) is -2.97. The number of nitro benzene ring substituents is 1. The van der Waals surface area contributed by atoms with Crippen LogP contribution >= 0.6 is 11.3 Å². The van der Waals surface area contributed by atoms with Crippen LogP contribution in [-0.2, 0) is 11.0 Å². The number of benzene rings is 1. The van der Waals surface area contributed by atoms with Crippen molar-refractivity contribution in [2.75, 3.05) is 31.1 Å². The van der Waals surface area contributed by atoms with E-state index in [1.165, 1.54) is 0 Å². The minimum absolute atomic E-state index is 0.0515. The summed E-state index contributed by atoms with van der Waals surface area (Å²) < 4.78 is 39.2. The summed E-state index contributed by atoms with van der Waals surface area (Å²) in [5, 5.41) is 11.2. The molecule has 2 fully saturated rings. The third kappa shape index (κ3) is 4.41. The van der Waals surface area contributed by atoms with Crippen molar-refractivity contribution in [2.24, 2.45) is 5.92 Å². The fourth-order valence-electron chi connectivity index (χ4n) is 4.30. The van der Waals surface area contributed by atoms with Gasteiger partial charge in [-0.1, -0.05) is 30.6 Å². The summed E-state index contributed by atoms with van der Waals surface area (Å²) in [6.45, 7) is 1.65. The van der Waals surface area contributed by atoms with Crippen molar-refractivity contribution in [2.45, 2.75) is 38.3 Å². The van der Waals surface area contributed by atoms with E-state index in [1.54, 1.807) is 9.80 Å². The lowest BCUT2D eigenvalue weighted by atomic mass is 9.88. The number of nitro groups is 1. The number of alkyl halides is 3. The third-order valence-electron chi connectivity index (χ3n) is 6.03. The lowest BCUT2D eigenvalue weighted by molar-refractivity contribution is -0.383. The highest BCUT2D eigenvalue weighted by atomic mass is 32.1. The number of fused-ring (bicyclic) bond motifs is 1. The molecule has 0 N–H and O–H groups in total. The van der Waals surface area contributed by atoms with Crippen LogP contribution in [0, 0.1) is 16.0 Å². The van der Waals surface area contributed by atoms with Gasteiger partial charge in [0.15, 0.2) is 5.13 Å². The molecule has 2 aromatic rings. The second-order valence-corrected chi connectivity index (χ2v) is 9.05. The molecule has 1 saturated heterocycles. The number of piperazine rings is 1. The Morgan fingerprint density at radius 3 is 2.38 bits per heavy atom. The van der Waals surface area contributed by atoms with Crippen LogP contribution in [0.25, 0.3) is 10.1 Å². The molecule has 0 atom stereocenters. The molecular weight excluding hydrogens is 449 g/mol. The number of hydrogen-bond donors (Lipinski definition) is 0. The summed E-state index contributed by atoms with van der Waals surface area (Å²) in [5.74, 6) is 0.190. The van der Waals surface area contributed by atoms with Crippen LogP contribution in [0.1, 0.15) is 37.7 Å². The summed E-state index contributed by atoms with van der Waals surface area (Å²) in [4.78, 5) is 43.2. The van der Waals surface area contributed by atoms with E-state index in [2.05, 4.69) is 4.98 Å². The summed E-state index contributed by atoms with van der Waals surface area (Å²) in [6, 6.07) is 1.06. The van der Waals surface area contributed by atoms with E-state index in [4.69, 9.17) is 0 Å². The number of carbonyl (C=O) groups is 1. The first-order valence-corrected chi connectivity index (χ1v) is 11.2. The van der Waals surface area contributed by atoms with Crippen molar-refractivity contribution in [3.05, 3.63) is 38.2 Å². The number of hydrogen-bond acceptors (Lipinski definition) is 7. The van der Waals surface area contributed by atoms with Gasteiger partial charge in [0, 0.05) is 38.2 Å². The van der Waals surface area contributed by atoms with Crippen LogP contribution < -0.4 is 10.5 Å². The first kappa shape index (κ1) is 22.4. The van der Waals surface area contributed by atoms with Crippen molar-refractivity contribution in [1.29, 1.82) is 0 Å². The minimum atomic E-state index is -4.82. The topological polar surface area (TPSA) is 96.7 Å². The molecule has 0 spiro atoms. The van der Waals surface area contributed by atoms with E-state index >= 15 is 0 Å². The zero-order valence-corrected chi connectivity index (χ0v) is 17.9. The molecule has 8 nitrogen and oxygen atoms in total. The zero-order chi connectivity index (χ0) is 23.0. The molecule has 12 heteroatoms. The highest BCUT2D eigenvalue weighted by Crippen LogP contribution is 2.38. The molecule has 0 unspecified atom stereocenters. The predicted molar refractivity (Wildman–Crippen MR) is 113 cm³/mol. The third-order valence-corrected chi connectivity index (χ3v) is 7.20. The Labute approximate surface area is 184 Å². The van der Waals surface area contributed by atoms with Crippen molar-refractivity contribution in [3.8, 4) is 0 Å². The zero-order valence-electron chi connectivity index (χ0n) is 17.1. The van der Waals surface area contributed by atoms with Crippen LogP contribution in [0.3, 0.4) is 0 Å². The molecule has 0 radical (unpaired) electrons. The number of halogens is 3. The number of amides is 1. The Morgan fingerprint density at radius 2 is 1.78 bits per heavy atom. The summed E-state index contributed by atoms with van der Waals surface area (Å²) in [6.07, 6.45) is 0.240. The van der Waals surface area contributed by atoms with Gasteiger partial charge in [0.2, 0.25) is 5.91 Å². The number of carbonyl (C=O) groups excluding carboxylic acids is 1. The van der Waals surface area contributed by atoms with Crippen molar-refractivity contribution >= 4 is 38.1 Å². The van der Waals surface area contributed by atoms with E-state index in [1.807, 2.05) is 0 Å². The summed E-state index contributed by atoms with van der Waals surface area (Å²) in [7, 11) is 0. The lowest BCUT2D eigenvalue weighted by Crippen LogP contribution is -2.50. The number of rotatable bonds is 3. The quantitative estimate of drug-likeness (QED) is 0.500. The molecule has 1 aromatic carbocycles. The van der Waals surface area contributed by atoms with Gasteiger partial charge in [-0.3, -0.25) is 19.7 Å². The van der Waals surface area contributed by atoms with Gasteiger partial charge in [0.25, 0.3) is 11.2 Å². The van der Waals surface area contributed by atoms with Crippen LogP contribution in [0.4, 0.5) is 24.0 Å². The SMILES string of the molecule is O=C(C1CCCCC1)N1CCN(c2nc(=O)c3cc(C(F)(F)F)cc([N+](=O)[O-])c3s2)CC1. The molecule has 172 valence electrons. The van der Waals surface area contributed by atoms with Gasteiger partial charge in [-0.15, -0.1) is 0 Å². The Kier molecular flexibility index (Phi) is 6.06. The molecule has 1 aliphatic carbocycles. The highest BCUT2D eigenvalue weighted by Gasteiger charge is 2.35. The van der Waals surface area contributed by atoms with Crippen LogP contribution in [0.2, 0.25) is 0 Å². The van der Waals surface area contributed by atoms with E-state index in [-0.39, 0.29) is 21.7 Å².